The molecule has 4 nitrogen and oxygen atoms in total. The molecular weight excluding hydrogens is 264 g/mol. The molecule has 0 unspecified atom stereocenters. The Kier molecular flexibility index (Phi) is 5.37. The second-order valence-corrected chi connectivity index (χ2v) is 5.92. The SMILES string of the molecule is CC(C)N1C[C@@H](C(=O)NCCCc2ccccc2)CC1=O. The van der Waals surface area contributed by atoms with Crippen molar-refractivity contribution in [3.8, 4) is 0 Å². The molecule has 0 aliphatic carbocycles. The molecule has 21 heavy (non-hydrogen) atoms. The first-order chi connectivity index (χ1) is 10.1. The van der Waals surface area contributed by atoms with Gasteiger partial charge in [-0.1, -0.05) is 30.3 Å². The van der Waals surface area contributed by atoms with Crippen LogP contribution in [-0.2, 0) is 16.0 Å². The van der Waals surface area contributed by atoms with Crippen LogP contribution in [0.4, 0.5) is 0 Å². The van der Waals surface area contributed by atoms with E-state index in [0.29, 0.717) is 19.5 Å². The fraction of sp³-hybridized carbons (Fsp3) is 0.529. The van der Waals surface area contributed by atoms with E-state index in [2.05, 4.69) is 17.4 Å². The van der Waals surface area contributed by atoms with Gasteiger partial charge in [0.05, 0.1) is 5.92 Å². The molecule has 1 atom stereocenters. The normalized spacial score (nSPS) is 18.3. The zero-order chi connectivity index (χ0) is 15.2. The molecule has 1 heterocycles. The zero-order valence-corrected chi connectivity index (χ0v) is 12.8. The lowest BCUT2D eigenvalue weighted by atomic mass is 10.1. The van der Waals surface area contributed by atoms with E-state index in [0.717, 1.165) is 12.8 Å². The van der Waals surface area contributed by atoms with Gasteiger partial charge in [-0.25, -0.2) is 0 Å². The molecule has 0 bridgehead atoms. The van der Waals surface area contributed by atoms with Crippen LogP contribution < -0.4 is 5.32 Å². The molecular formula is C17H24N2O2. The second-order valence-electron chi connectivity index (χ2n) is 5.92. The Morgan fingerprint density at radius 3 is 2.67 bits per heavy atom. The number of nitrogens with zero attached hydrogens (tertiary/aromatic N) is 1. The molecule has 4 heteroatoms. The summed E-state index contributed by atoms with van der Waals surface area (Å²) >= 11 is 0. The van der Waals surface area contributed by atoms with Crippen LogP contribution in [0.25, 0.3) is 0 Å². The van der Waals surface area contributed by atoms with Gasteiger partial charge in [-0.15, -0.1) is 0 Å². The van der Waals surface area contributed by atoms with Crippen molar-refractivity contribution in [3.63, 3.8) is 0 Å². The summed E-state index contributed by atoms with van der Waals surface area (Å²) in [5.74, 6) is -0.0781. The monoisotopic (exact) mass is 288 g/mol. The standard InChI is InChI=1S/C17H24N2O2/c1-13(2)19-12-15(11-16(19)20)17(21)18-10-6-9-14-7-4-3-5-8-14/h3-5,7-8,13,15H,6,9-12H2,1-2H3,(H,18,21)/t15-/m0/s1. The van der Waals surface area contributed by atoms with Crippen LogP contribution in [0.3, 0.4) is 0 Å². The van der Waals surface area contributed by atoms with Gasteiger partial charge in [-0.3, -0.25) is 9.59 Å². The van der Waals surface area contributed by atoms with E-state index in [9.17, 15) is 9.59 Å². The number of hydrogen-bond acceptors (Lipinski definition) is 2. The maximum Gasteiger partial charge on any atom is 0.225 e. The summed E-state index contributed by atoms with van der Waals surface area (Å²) in [5.41, 5.74) is 1.29. The summed E-state index contributed by atoms with van der Waals surface area (Å²) in [6, 6.07) is 10.4. The fourth-order valence-corrected chi connectivity index (χ4v) is 2.70. The van der Waals surface area contributed by atoms with Crippen LogP contribution in [0.15, 0.2) is 30.3 Å². The van der Waals surface area contributed by atoms with Crippen LogP contribution in [0, 0.1) is 5.92 Å². The largest absolute Gasteiger partial charge is 0.356 e. The fourth-order valence-electron chi connectivity index (χ4n) is 2.70. The molecule has 1 N–H and O–H groups in total. The lowest BCUT2D eigenvalue weighted by Crippen LogP contribution is -2.35. The highest BCUT2D eigenvalue weighted by molar-refractivity contribution is 5.89. The third kappa shape index (κ3) is 4.31. The Morgan fingerprint density at radius 2 is 2.05 bits per heavy atom. The number of likely N-dealkylation sites (tertiary alicyclic amines) is 1. The van der Waals surface area contributed by atoms with Crippen LogP contribution in [0.1, 0.15) is 32.3 Å². The smallest absolute Gasteiger partial charge is 0.225 e. The number of amides is 2. The molecule has 1 fully saturated rings. The van der Waals surface area contributed by atoms with Gasteiger partial charge in [-0.2, -0.15) is 0 Å². The highest BCUT2D eigenvalue weighted by Crippen LogP contribution is 2.20. The van der Waals surface area contributed by atoms with Crippen LogP contribution >= 0.6 is 0 Å². The number of hydrogen-bond donors (Lipinski definition) is 1. The molecule has 2 amide bonds. The molecule has 1 aromatic rings. The summed E-state index contributed by atoms with van der Waals surface area (Å²) in [7, 11) is 0. The highest BCUT2D eigenvalue weighted by Gasteiger charge is 2.35. The van der Waals surface area contributed by atoms with Crippen molar-refractivity contribution in [1.29, 1.82) is 0 Å². The van der Waals surface area contributed by atoms with Crippen molar-refractivity contribution < 1.29 is 9.59 Å². The van der Waals surface area contributed by atoms with E-state index in [-0.39, 0.29) is 23.8 Å². The van der Waals surface area contributed by atoms with Crippen molar-refractivity contribution in [2.24, 2.45) is 5.92 Å². The van der Waals surface area contributed by atoms with Crippen molar-refractivity contribution in [3.05, 3.63) is 35.9 Å². The van der Waals surface area contributed by atoms with E-state index >= 15 is 0 Å². The van der Waals surface area contributed by atoms with Crippen molar-refractivity contribution >= 4 is 11.8 Å². The quantitative estimate of drug-likeness (QED) is 0.814. The first-order valence-electron chi connectivity index (χ1n) is 7.69. The van der Waals surface area contributed by atoms with Gasteiger partial charge in [0, 0.05) is 25.6 Å². The van der Waals surface area contributed by atoms with E-state index in [1.807, 2.05) is 32.0 Å². The Balaban J connectivity index is 1.70. The maximum atomic E-state index is 12.1. The minimum absolute atomic E-state index is 0.0135. The third-order valence-corrected chi connectivity index (χ3v) is 3.94. The average Bonchev–Trinajstić information content (AvgIpc) is 2.87. The average molecular weight is 288 g/mol. The summed E-state index contributed by atoms with van der Waals surface area (Å²) < 4.78 is 0. The molecule has 114 valence electrons. The number of benzene rings is 1. The number of nitrogens with one attached hydrogen (secondary N) is 1. The molecule has 2 rings (SSSR count). The van der Waals surface area contributed by atoms with E-state index in [1.54, 1.807) is 4.90 Å². The molecule has 1 aliphatic rings. The molecule has 1 aromatic carbocycles. The van der Waals surface area contributed by atoms with Gasteiger partial charge in [0.2, 0.25) is 11.8 Å². The summed E-state index contributed by atoms with van der Waals surface area (Å²) in [5, 5.41) is 2.96. The number of carbonyl (C=O) groups excluding carboxylic acids is 2. The summed E-state index contributed by atoms with van der Waals surface area (Å²) in [6.45, 7) is 5.19. The third-order valence-electron chi connectivity index (χ3n) is 3.94. The summed E-state index contributed by atoms with van der Waals surface area (Å²) in [6.07, 6.45) is 2.23. The topological polar surface area (TPSA) is 49.4 Å². The van der Waals surface area contributed by atoms with E-state index in [4.69, 9.17) is 0 Å². The van der Waals surface area contributed by atoms with Gasteiger partial charge in [0.1, 0.15) is 0 Å². The summed E-state index contributed by atoms with van der Waals surface area (Å²) in [4.78, 5) is 25.7. The molecule has 0 spiro atoms. The van der Waals surface area contributed by atoms with E-state index in [1.165, 1.54) is 5.56 Å². The van der Waals surface area contributed by atoms with Gasteiger partial charge in [0.15, 0.2) is 0 Å². The Bertz CT molecular complexity index is 485. The van der Waals surface area contributed by atoms with Crippen molar-refractivity contribution in [2.45, 2.75) is 39.2 Å². The number of carbonyl (C=O) groups is 2. The van der Waals surface area contributed by atoms with Gasteiger partial charge < -0.3 is 10.2 Å². The van der Waals surface area contributed by atoms with Gasteiger partial charge >= 0.3 is 0 Å². The van der Waals surface area contributed by atoms with Crippen LogP contribution in [0.2, 0.25) is 0 Å². The molecule has 0 saturated carbocycles. The first-order valence-corrected chi connectivity index (χ1v) is 7.69. The Hall–Kier alpha value is -1.84. The predicted octanol–water partition coefficient (Wildman–Crippen LogP) is 1.99. The molecule has 1 aliphatic heterocycles. The minimum Gasteiger partial charge on any atom is -0.356 e. The molecule has 1 saturated heterocycles. The second kappa shape index (κ2) is 7.25. The number of aryl methyl sites for hydroxylation is 1. The Morgan fingerprint density at radius 1 is 1.33 bits per heavy atom. The highest BCUT2D eigenvalue weighted by atomic mass is 16.2. The molecule has 0 radical (unpaired) electrons. The van der Waals surface area contributed by atoms with Crippen molar-refractivity contribution in [1.82, 2.24) is 10.2 Å². The predicted molar refractivity (Wildman–Crippen MR) is 82.7 cm³/mol. The van der Waals surface area contributed by atoms with Gasteiger partial charge in [-0.05, 0) is 32.3 Å². The lowest BCUT2D eigenvalue weighted by molar-refractivity contribution is -0.129. The number of rotatable bonds is 6. The minimum atomic E-state index is -0.184. The van der Waals surface area contributed by atoms with Crippen LogP contribution in [-0.4, -0.2) is 35.8 Å². The Labute approximate surface area is 126 Å². The van der Waals surface area contributed by atoms with Crippen LogP contribution in [0.5, 0.6) is 0 Å². The lowest BCUT2D eigenvalue weighted by Gasteiger charge is -2.20. The zero-order valence-electron chi connectivity index (χ0n) is 12.8. The first kappa shape index (κ1) is 15.5. The van der Waals surface area contributed by atoms with E-state index < -0.39 is 0 Å². The van der Waals surface area contributed by atoms with Gasteiger partial charge in [0.25, 0.3) is 0 Å². The molecule has 0 aromatic heterocycles. The van der Waals surface area contributed by atoms with Crippen molar-refractivity contribution in [2.75, 3.05) is 13.1 Å². The maximum absolute atomic E-state index is 12.1.